The Morgan fingerprint density at radius 3 is 1.71 bits per heavy atom. The van der Waals surface area contributed by atoms with Gasteiger partial charge in [-0.3, -0.25) is 9.59 Å². The van der Waals surface area contributed by atoms with Gasteiger partial charge in [-0.05, 0) is 48.9 Å². The molecule has 3 aliphatic rings. The van der Waals surface area contributed by atoms with Gasteiger partial charge in [0.2, 0.25) is 0 Å². The number of anilines is 3. The van der Waals surface area contributed by atoms with Gasteiger partial charge in [-0.15, -0.1) is 0 Å². The molecular weight excluding hydrogens is 430 g/mol. The molecule has 7 nitrogen and oxygen atoms in total. The van der Waals surface area contributed by atoms with Crippen molar-refractivity contribution in [2.45, 2.75) is 6.92 Å². The molecule has 0 saturated carbocycles. The van der Waals surface area contributed by atoms with Crippen LogP contribution in [0.15, 0.2) is 48.5 Å². The third kappa shape index (κ3) is 3.35. The van der Waals surface area contributed by atoms with Crippen LogP contribution in [0.2, 0.25) is 0 Å². The number of carbonyl (C=O) groups excluding carboxylic acids is 2. The highest BCUT2D eigenvalue weighted by Gasteiger charge is 2.36. The molecule has 0 bridgehead atoms. The SMILES string of the molecule is Cc1cccc(N2C(=O)c3ccc(N4CCOCC4)c4c(N5CCOCC5)ccc(c34)C2=O)c1. The van der Waals surface area contributed by atoms with Gasteiger partial charge >= 0.3 is 0 Å². The second-order valence-corrected chi connectivity index (χ2v) is 9.00. The van der Waals surface area contributed by atoms with E-state index < -0.39 is 0 Å². The van der Waals surface area contributed by atoms with E-state index in [1.165, 1.54) is 4.90 Å². The van der Waals surface area contributed by atoms with E-state index in [2.05, 4.69) is 9.80 Å². The summed E-state index contributed by atoms with van der Waals surface area (Å²) in [7, 11) is 0. The zero-order chi connectivity index (χ0) is 23.2. The fraction of sp³-hybridized carbons (Fsp3) is 0.333. The maximum absolute atomic E-state index is 13.7. The molecule has 7 heteroatoms. The molecule has 3 aromatic rings. The highest BCUT2D eigenvalue weighted by Crippen LogP contribution is 2.43. The van der Waals surface area contributed by atoms with Crippen molar-refractivity contribution in [3.63, 3.8) is 0 Å². The number of aryl methyl sites for hydroxylation is 1. The summed E-state index contributed by atoms with van der Waals surface area (Å²) in [5.74, 6) is -0.554. The monoisotopic (exact) mass is 457 g/mol. The Labute approximate surface area is 198 Å². The third-order valence-electron chi connectivity index (χ3n) is 6.95. The molecule has 0 radical (unpaired) electrons. The van der Waals surface area contributed by atoms with Crippen molar-refractivity contribution in [2.75, 3.05) is 67.3 Å². The average molecular weight is 458 g/mol. The van der Waals surface area contributed by atoms with Crippen molar-refractivity contribution in [2.24, 2.45) is 0 Å². The van der Waals surface area contributed by atoms with E-state index in [1.807, 2.05) is 55.5 Å². The number of amides is 2. The van der Waals surface area contributed by atoms with Gasteiger partial charge in [-0.25, -0.2) is 4.90 Å². The molecule has 174 valence electrons. The molecule has 34 heavy (non-hydrogen) atoms. The standard InChI is InChI=1S/C27H27N3O4/c1-18-3-2-4-19(17-18)30-26(31)20-5-7-22(28-9-13-33-14-10-28)25-23(29-11-15-34-16-12-29)8-6-21(24(20)25)27(30)32/h2-8,17H,9-16H2,1H3. The van der Waals surface area contributed by atoms with E-state index >= 15 is 0 Å². The van der Waals surface area contributed by atoms with Crippen LogP contribution in [0.4, 0.5) is 17.1 Å². The molecule has 3 aromatic carbocycles. The van der Waals surface area contributed by atoms with Gasteiger partial charge in [0.15, 0.2) is 0 Å². The molecule has 0 atom stereocenters. The zero-order valence-electron chi connectivity index (χ0n) is 19.3. The van der Waals surface area contributed by atoms with Gasteiger partial charge in [0.05, 0.1) is 32.1 Å². The summed E-state index contributed by atoms with van der Waals surface area (Å²) in [6.07, 6.45) is 0. The number of rotatable bonds is 3. The summed E-state index contributed by atoms with van der Waals surface area (Å²) in [5.41, 5.74) is 4.84. The summed E-state index contributed by atoms with van der Waals surface area (Å²) in [5, 5.41) is 1.73. The molecule has 3 aliphatic heterocycles. The molecular formula is C27H27N3O4. The Morgan fingerprint density at radius 2 is 1.21 bits per heavy atom. The molecule has 3 heterocycles. The van der Waals surface area contributed by atoms with Crippen molar-refractivity contribution in [3.05, 3.63) is 65.2 Å². The number of hydrogen-bond donors (Lipinski definition) is 0. The van der Waals surface area contributed by atoms with Gasteiger partial charge in [0.1, 0.15) is 0 Å². The van der Waals surface area contributed by atoms with E-state index in [-0.39, 0.29) is 11.8 Å². The van der Waals surface area contributed by atoms with Crippen LogP contribution in [0.5, 0.6) is 0 Å². The van der Waals surface area contributed by atoms with Crippen LogP contribution in [0.1, 0.15) is 26.3 Å². The Kier molecular flexibility index (Phi) is 5.23. The molecule has 0 spiro atoms. The number of morpholine rings is 2. The number of benzene rings is 3. The molecule has 0 aliphatic carbocycles. The Hall–Kier alpha value is -3.42. The molecule has 2 saturated heterocycles. The van der Waals surface area contributed by atoms with E-state index in [9.17, 15) is 9.59 Å². The first-order chi connectivity index (χ1) is 16.6. The summed E-state index contributed by atoms with van der Waals surface area (Å²) >= 11 is 0. The molecule has 2 fully saturated rings. The van der Waals surface area contributed by atoms with E-state index in [0.717, 1.165) is 53.9 Å². The van der Waals surface area contributed by atoms with Crippen LogP contribution in [-0.2, 0) is 9.47 Å². The predicted octanol–water partition coefficient (Wildman–Crippen LogP) is 3.62. The van der Waals surface area contributed by atoms with Crippen LogP contribution < -0.4 is 14.7 Å². The third-order valence-corrected chi connectivity index (χ3v) is 6.95. The second kappa shape index (κ2) is 8.42. The van der Waals surface area contributed by atoms with E-state index in [4.69, 9.17) is 9.47 Å². The largest absolute Gasteiger partial charge is 0.378 e. The molecule has 2 amide bonds. The predicted molar refractivity (Wildman–Crippen MR) is 132 cm³/mol. The molecule has 6 rings (SSSR count). The number of hydrogen-bond acceptors (Lipinski definition) is 6. The summed E-state index contributed by atoms with van der Waals surface area (Å²) in [6.45, 7) is 7.71. The minimum Gasteiger partial charge on any atom is -0.378 e. The lowest BCUT2D eigenvalue weighted by Crippen LogP contribution is -2.42. The van der Waals surface area contributed by atoms with Crippen molar-refractivity contribution in [3.8, 4) is 0 Å². The average Bonchev–Trinajstić information content (AvgIpc) is 2.88. The minimum absolute atomic E-state index is 0.277. The highest BCUT2D eigenvalue weighted by molar-refractivity contribution is 6.37. The van der Waals surface area contributed by atoms with Crippen LogP contribution >= 0.6 is 0 Å². The summed E-state index contributed by atoms with van der Waals surface area (Å²) in [4.78, 5) is 33.4. The zero-order valence-corrected chi connectivity index (χ0v) is 19.3. The van der Waals surface area contributed by atoms with E-state index in [0.29, 0.717) is 43.2 Å². The topological polar surface area (TPSA) is 62.3 Å². The van der Waals surface area contributed by atoms with Crippen molar-refractivity contribution >= 4 is 39.6 Å². The van der Waals surface area contributed by atoms with Crippen LogP contribution in [0.3, 0.4) is 0 Å². The number of nitrogens with zero attached hydrogens (tertiary/aromatic N) is 3. The van der Waals surface area contributed by atoms with Gasteiger partial charge in [-0.1, -0.05) is 12.1 Å². The fourth-order valence-electron chi connectivity index (χ4n) is 5.29. The summed E-state index contributed by atoms with van der Waals surface area (Å²) in [6, 6.07) is 15.4. The first kappa shape index (κ1) is 21.1. The lowest BCUT2D eigenvalue weighted by Gasteiger charge is -2.36. The van der Waals surface area contributed by atoms with Gasteiger partial charge in [-0.2, -0.15) is 0 Å². The minimum atomic E-state index is -0.277. The smallest absolute Gasteiger partial charge is 0.265 e. The van der Waals surface area contributed by atoms with Crippen molar-refractivity contribution < 1.29 is 19.1 Å². The van der Waals surface area contributed by atoms with Gasteiger partial charge in [0, 0.05) is 59.5 Å². The normalized spacial score (nSPS) is 18.7. The highest BCUT2D eigenvalue weighted by atomic mass is 16.5. The number of ether oxygens (including phenoxy) is 2. The van der Waals surface area contributed by atoms with Crippen LogP contribution in [-0.4, -0.2) is 64.4 Å². The lowest BCUT2D eigenvalue weighted by atomic mass is 9.90. The summed E-state index contributed by atoms with van der Waals surface area (Å²) < 4.78 is 11.2. The quantitative estimate of drug-likeness (QED) is 0.560. The van der Waals surface area contributed by atoms with Crippen molar-refractivity contribution in [1.82, 2.24) is 0 Å². The van der Waals surface area contributed by atoms with Gasteiger partial charge < -0.3 is 19.3 Å². The fourth-order valence-corrected chi connectivity index (χ4v) is 5.29. The molecule has 0 unspecified atom stereocenters. The van der Waals surface area contributed by atoms with Crippen molar-refractivity contribution in [1.29, 1.82) is 0 Å². The number of imide groups is 1. The first-order valence-corrected chi connectivity index (χ1v) is 11.8. The first-order valence-electron chi connectivity index (χ1n) is 11.8. The maximum Gasteiger partial charge on any atom is 0.265 e. The molecule has 0 aromatic heterocycles. The van der Waals surface area contributed by atoms with Gasteiger partial charge in [0.25, 0.3) is 11.8 Å². The second-order valence-electron chi connectivity index (χ2n) is 9.00. The maximum atomic E-state index is 13.7. The van der Waals surface area contributed by atoms with Crippen LogP contribution in [0.25, 0.3) is 10.8 Å². The molecule has 0 N–H and O–H groups in total. The Morgan fingerprint density at radius 1 is 0.676 bits per heavy atom. The lowest BCUT2D eigenvalue weighted by molar-refractivity contribution is 0.0893. The Balaban J connectivity index is 1.57. The van der Waals surface area contributed by atoms with E-state index in [1.54, 1.807) is 0 Å². The number of carbonyl (C=O) groups is 2. The Bertz CT molecular complexity index is 1220. The van der Waals surface area contributed by atoms with Crippen LogP contribution in [0, 0.1) is 6.92 Å².